The molecule has 198 valence electrons. The zero-order valence-corrected chi connectivity index (χ0v) is 24.1. The number of hydrogen-bond acceptors (Lipinski definition) is 1. The van der Waals surface area contributed by atoms with Crippen LogP contribution in [0.4, 0.5) is 0 Å². The first-order valence-electron chi connectivity index (χ1n) is 14.6. The molecule has 3 heterocycles. The molecule has 0 aliphatic heterocycles. The van der Waals surface area contributed by atoms with Gasteiger partial charge in [0.05, 0.1) is 21.3 Å². The third-order valence-corrected chi connectivity index (χ3v) is 10.9. The largest absolute Gasteiger partial charge is 0.353 e. The normalized spacial score (nSPS) is 14.1. The van der Waals surface area contributed by atoms with Crippen LogP contribution in [0.5, 0.6) is 0 Å². The Morgan fingerprint density at radius 1 is 0.571 bits per heavy atom. The molecule has 0 amide bonds. The molecule has 0 radical (unpaired) electrons. The number of rotatable bonds is 1. The van der Waals surface area contributed by atoms with Crippen molar-refractivity contribution >= 4 is 75.1 Å². The summed E-state index contributed by atoms with van der Waals surface area (Å²) in [6.07, 6.45) is 0. The first-order chi connectivity index (χ1) is 20.6. The summed E-state index contributed by atoms with van der Waals surface area (Å²) < 4.78 is 5.13. The van der Waals surface area contributed by atoms with E-state index in [4.69, 9.17) is 0 Å². The van der Waals surface area contributed by atoms with E-state index >= 15 is 0 Å². The minimum Gasteiger partial charge on any atom is -0.353 e. The number of thiophene rings is 1. The lowest BCUT2D eigenvalue weighted by atomic mass is 9.82. The number of hydrogen-bond donors (Lipinski definition) is 1. The van der Waals surface area contributed by atoms with Gasteiger partial charge in [0.15, 0.2) is 0 Å². The molecule has 6 aromatic carbocycles. The highest BCUT2D eigenvalue weighted by Gasteiger charge is 2.35. The Balaban J connectivity index is 1.27. The molecule has 2 nitrogen and oxygen atoms in total. The third kappa shape index (κ3) is 2.75. The molecular formula is C39H26N2S. The Morgan fingerprint density at radius 2 is 1.33 bits per heavy atom. The molecule has 0 saturated heterocycles. The zero-order valence-electron chi connectivity index (χ0n) is 23.3. The summed E-state index contributed by atoms with van der Waals surface area (Å²) >= 11 is 1.90. The van der Waals surface area contributed by atoms with Crippen LogP contribution >= 0.6 is 11.3 Å². The maximum Gasteiger partial charge on any atom is 0.0646 e. The number of benzene rings is 6. The van der Waals surface area contributed by atoms with Gasteiger partial charge < -0.3 is 9.55 Å². The zero-order chi connectivity index (χ0) is 27.7. The first-order valence-corrected chi connectivity index (χ1v) is 15.4. The van der Waals surface area contributed by atoms with Crippen LogP contribution in [0.15, 0.2) is 115 Å². The maximum absolute atomic E-state index is 3.73. The number of nitrogens with zero attached hydrogens (tertiary/aromatic N) is 1. The second-order valence-electron chi connectivity index (χ2n) is 12.3. The number of fused-ring (bicyclic) bond motifs is 13. The second-order valence-corrected chi connectivity index (χ2v) is 13.3. The minimum absolute atomic E-state index is 0.0373. The van der Waals surface area contributed by atoms with Crippen molar-refractivity contribution in [3.63, 3.8) is 0 Å². The molecule has 3 aromatic heterocycles. The van der Waals surface area contributed by atoms with E-state index in [1.165, 1.54) is 91.7 Å². The predicted molar refractivity (Wildman–Crippen MR) is 181 cm³/mol. The van der Waals surface area contributed by atoms with Gasteiger partial charge in [-0.25, -0.2) is 0 Å². The van der Waals surface area contributed by atoms with Gasteiger partial charge in [0.2, 0.25) is 0 Å². The number of para-hydroxylation sites is 2. The van der Waals surface area contributed by atoms with Crippen molar-refractivity contribution in [2.75, 3.05) is 0 Å². The van der Waals surface area contributed by atoms with Gasteiger partial charge in [-0.15, -0.1) is 11.3 Å². The summed E-state index contributed by atoms with van der Waals surface area (Å²) in [7, 11) is 0. The number of H-pyrrole nitrogens is 1. The van der Waals surface area contributed by atoms with E-state index in [0.29, 0.717) is 0 Å². The van der Waals surface area contributed by atoms with E-state index in [2.05, 4.69) is 139 Å². The van der Waals surface area contributed by atoms with Crippen molar-refractivity contribution in [1.29, 1.82) is 0 Å². The van der Waals surface area contributed by atoms with E-state index in [9.17, 15) is 0 Å². The molecule has 0 unspecified atom stereocenters. The second kappa shape index (κ2) is 7.70. The van der Waals surface area contributed by atoms with Gasteiger partial charge >= 0.3 is 0 Å². The van der Waals surface area contributed by atoms with Gasteiger partial charge in [-0.3, -0.25) is 0 Å². The Kier molecular flexibility index (Phi) is 4.18. The molecule has 0 bridgehead atoms. The fraction of sp³-hybridized carbons (Fsp3) is 0.0769. The molecule has 10 rings (SSSR count). The summed E-state index contributed by atoms with van der Waals surface area (Å²) in [5, 5.41) is 7.84. The van der Waals surface area contributed by atoms with Gasteiger partial charge in [0.25, 0.3) is 0 Å². The van der Waals surface area contributed by atoms with E-state index < -0.39 is 0 Å². The van der Waals surface area contributed by atoms with E-state index in [-0.39, 0.29) is 5.41 Å². The van der Waals surface area contributed by atoms with Crippen LogP contribution in [0.2, 0.25) is 0 Å². The summed E-state index contributed by atoms with van der Waals surface area (Å²) in [6.45, 7) is 4.72. The lowest BCUT2D eigenvalue weighted by molar-refractivity contribution is 0.660. The van der Waals surface area contributed by atoms with Crippen molar-refractivity contribution < 1.29 is 0 Å². The standard InChI is InChI=1S/C39H26N2S/c1-39(2)31-12-6-3-9-23(31)24-16-15-22(19-32(24)39)41-34-14-8-5-11-26(34)29-20-30-28-18-17-27-25-10-4-7-13-33(25)40-37(27)38(28)42-36(30)21-35(29)41/h3-21,40H,1-2H3. The third-order valence-electron chi connectivity index (χ3n) is 9.74. The van der Waals surface area contributed by atoms with Crippen LogP contribution in [-0.2, 0) is 5.41 Å². The van der Waals surface area contributed by atoms with Crippen LogP contribution in [0.1, 0.15) is 25.0 Å². The smallest absolute Gasteiger partial charge is 0.0646 e. The molecule has 1 N–H and O–H groups in total. The highest BCUT2D eigenvalue weighted by atomic mass is 32.1. The summed E-state index contributed by atoms with van der Waals surface area (Å²) in [6, 6.07) is 42.9. The summed E-state index contributed by atoms with van der Waals surface area (Å²) in [4.78, 5) is 3.73. The van der Waals surface area contributed by atoms with E-state index in [1.54, 1.807) is 0 Å². The molecule has 0 atom stereocenters. The average molecular weight is 555 g/mol. The van der Waals surface area contributed by atoms with Crippen molar-refractivity contribution in [2.45, 2.75) is 19.3 Å². The van der Waals surface area contributed by atoms with Crippen molar-refractivity contribution in [1.82, 2.24) is 9.55 Å². The Hall–Kier alpha value is -4.86. The number of aromatic nitrogens is 2. The molecule has 3 heteroatoms. The van der Waals surface area contributed by atoms with Gasteiger partial charge in [0.1, 0.15) is 0 Å². The Bertz CT molecular complexity index is 2610. The minimum atomic E-state index is -0.0373. The molecule has 42 heavy (non-hydrogen) atoms. The summed E-state index contributed by atoms with van der Waals surface area (Å²) in [5.74, 6) is 0. The van der Waals surface area contributed by atoms with Gasteiger partial charge in [-0.1, -0.05) is 92.7 Å². The van der Waals surface area contributed by atoms with Crippen LogP contribution in [0.25, 0.3) is 80.6 Å². The SMILES string of the molecule is CC1(C)c2ccccc2-c2ccc(-n3c4ccccc4c4cc5c(cc43)sc3c5ccc4c5ccccc5[nH]c43)cc21. The van der Waals surface area contributed by atoms with Gasteiger partial charge in [0, 0.05) is 53.6 Å². The number of aromatic amines is 1. The Morgan fingerprint density at radius 3 is 2.26 bits per heavy atom. The van der Waals surface area contributed by atoms with E-state index in [0.717, 1.165) is 0 Å². The fourth-order valence-electron chi connectivity index (χ4n) is 7.72. The average Bonchev–Trinajstić information content (AvgIpc) is 3.73. The first kappa shape index (κ1) is 22.8. The van der Waals surface area contributed by atoms with Crippen molar-refractivity contribution in [3.05, 3.63) is 126 Å². The molecular weight excluding hydrogens is 529 g/mol. The molecule has 1 aliphatic carbocycles. The van der Waals surface area contributed by atoms with Crippen LogP contribution < -0.4 is 0 Å². The molecule has 0 spiro atoms. The molecule has 0 saturated carbocycles. The fourth-order valence-corrected chi connectivity index (χ4v) is 8.94. The van der Waals surface area contributed by atoms with Gasteiger partial charge in [-0.2, -0.15) is 0 Å². The van der Waals surface area contributed by atoms with Crippen LogP contribution in [-0.4, -0.2) is 9.55 Å². The topological polar surface area (TPSA) is 20.7 Å². The molecule has 9 aromatic rings. The number of nitrogens with one attached hydrogen (secondary N) is 1. The van der Waals surface area contributed by atoms with Crippen molar-refractivity contribution in [3.8, 4) is 16.8 Å². The predicted octanol–water partition coefficient (Wildman–Crippen LogP) is 11.1. The highest BCUT2D eigenvalue weighted by Crippen LogP contribution is 2.50. The van der Waals surface area contributed by atoms with E-state index in [1.807, 2.05) is 11.3 Å². The maximum atomic E-state index is 3.73. The lowest BCUT2D eigenvalue weighted by Crippen LogP contribution is -2.15. The molecule has 1 aliphatic rings. The lowest BCUT2D eigenvalue weighted by Gasteiger charge is -2.22. The summed E-state index contributed by atoms with van der Waals surface area (Å²) in [5.41, 5.74) is 11.7. The highest BCUT2D eigenvalue weighted by molar-refractivity contribution is 7.26. The monoisotopic (exact) mass is 554 g/mol. The van der Waals surface area contributed by atoms with Crippen molar-refractivity contribution in [2.24, 2.45) is 0 Å². The van der Waals surface area contributed by atoms with Gasteiger partial charge in [-0.05, 0) is 58.7 Å². The Labute approximate surface area is 246 Å². The van der Waals surface area contributed by atoms with Crippen LogP contribution in [0, 0.1) is 0 Å². The quantitative estimate of drug-likeness (QED) is 0.208. The van der Waals surface area contributed by atoms with Crippen LogP contribution in [0.3, 0.4) is 0 Å². The molecule has 0 fully saturated rings.